The van der Waals surface area contributed by atoms with Crippen LogP contribution in [0, 0.1) is 11.8 Å². The maximum absolute atomic E-state index is 11.7. The van der Waals surface area contributed by atoms with Crippen molar-refractivity contribution in [2.75, 3.05) is 20.1 Å². The van der Waals surface area contributed by atoms with E-state index in [1.54, 1.807) is 11.9 Å². The van der Waals surface area contributed by atoms with E-state index in [2.05, 4.69) is 5.32 Å². The van der Waals surface area contributed by atoms with Crippen LogP contribution in [0.4, 0.5) is 4.79 Å². The van der Waals surface area contributed by atoms with Gasteiger partial charge in [-0.1, -0.05) is 13.3 Å². The summed E-state index contributed by atoms with van der Waals surface area (Å²) in [5.74, 6) is -0.660. The van der Waals surface area contributed by atoms with E-state index in [4.69, 9.17) is 5.11 Å². The maximum Gasteiger partial charge on any atom is 0.317 e. The molecular weight excluding hydrogens is 220 g/mol. The zero-order valence-corrected chi connectivity index (χ0v) is 10.6. The third-order valence-electron chi connectivity index (χ3n) is 3.06. The molecule has 1 unspecified atom stereocenters. The minimum absolute atomic E-state index is 0.167. The van der Waals surface area contributed by atoms with E-state index in [1.165, 1.54) is 12.8 Å². The molecule has 0 radical (unpaired) electrons. The van der Waals surface area contributed by atoms with Crippen LogP contribution in [0.1, 0.15) is 32.6 Å². The van der Waals surface area contributed by atoms with Crippen molar-refractivity contribution in [3.05, 3.63) is 0 Å². The molecule has 0 saturated heterocycles. The van der Waals surface area contributed by atoms with Gasteiger partial charge in [0.15, 0.2) is 0 Å². The molecule has 1 rings (SSSR count). The number of aliphatic carboxylic acids is 1. The van der Waals surface area contributed by atoms with Gasteiger partial charge in [-0.3, -0.25) is 4.79 Å². The molecule has 0 aromatic heterocycles. The van der Waals surface area contributed by atoms with Gasteiger partial charge in [0, 0.05) is 20.1 Å². The second-order valence-corrected chi connectivity index (χ2v) is 4.83. The summed E-state index contributed by atoms with van der Waals surface area (Å²) in [4.78, 5) is 24.2. The molecule has 17 heavy (non-hydrogen) atoms. The number of carboxylic acids is 1. The highest BCUT2D eigenvalue weighted by Crippen LogP contribution is 2.29. The molecule has 0 heterocycles. The summed E-state index contributed by atoms with van der Waals surface area (Å²) in [7, 11) is 1.75. The van der Waals surface area contributed by atoms with E-state index >= 15 is 0 Å². The Morgan fingerprint density at radius 1 is 1.47 bits per heavy atom. The van der Waals surface area contributed by atoms with Gasteiger partial charge in [-0.25, -0.2) is 4.79 Å². The van der Waals surface area contributed by atoms with E-state index in [1.807, 2.05) is 6.92 Å². The van der Waals surface area contributed by atoms with E-state index in [0.717, 1.165) is 13.0 Å². The summed E-state index contributed by atoms with van der Waals surface area (Å²) in [5, 5.41) is 11.6. The fraction of sp³-hybridized carbons (Fsp3) is 0.833. The normalized spacial score (nSPS) is 16.4. The third kappa shape index (κ3) is 5.06. The Kier molecular flexibility index (Phi) is 5.25. The highest BCUT2D eigenvalue weighted by atomic mass is 16.4. The van der Waals surface area contributed by atoms with Crippen molar-refractivity contribution in [3.8, 4) is 0 Å². The topological polar surface area (TPSA) is 69.6 Å². The molecule has 1 fully saturated rings. The minimum Gasteiger partial charge on any atom is -0.481 e. The highest BCUT2D eigenvalue weighted by Gasteiger charge is 2.25. The number of amides is 2. The monoisotopic (exact) mass is 242 g/mol. The van der Waals surface area contributed by atoms with Crippen LogP contribution in [-0.4, -0.2) is 42.1 Å². The van der Waals surface area contributed by atoms with Crippen LogP contribution in [0.15, 0.2) is 0 Å². The largest absolute Gasteiger partial charge is 0.481 e. The van der Waals surface area contributed by atoms with Crippen molar-refractivity contribution in [1.29, 1.82) is 0 Å². The molecule has 2 N–H and O–H groups in total. The maximum atomic E-state index is 11.7. The summed E-state index contributed by atoms with van der Waals surface area (Å²) in [5.41, 5.74) is 0. The van der Waals surface area contributed by atoms with Crippen LogP contribution in [0.25, 0.3) is 0 Å². The van der Waals surface area contributed by atoms with E-state index in [-0.39, 0.29) is 12.6 Å². The number of carbonyl (C=O) groups excluding carboxylic acids is 1. The SMILES string of the molecule is CCCC(CNC(=O)N(C)CC1CC1)C(=O)O. The van der Waals surface area contributed by atoms with Crippen molar-refractivity contribution >= 4 is 12.0 Å². The molecule has 0 aliphatic heterocycles. The van der Waals surface area contributed by atoms with Gasteiger partial charge in [-0.2, -0.15) is 0 Å². The molecule has 0 bridgehead atoms. The van der Waals surface area contributed by atoms with Crippen LogP contribution >= 0.6 is 0 Å². The summed E-state index contributed by atoms with van der Waals surface area (Å²) >= 11 is 0. The summed E-state index contributed by atoms with van der Waals surface area (Å²) in [6, 6.07) is -0.167. The lowest BCUT2D eigenvalue weighted by atomic mass is 10.0. The van der Waals surface area contributed by atoms with Gasteiger partial charge < -0.3 is 15.3 Å². The van der Waals surface area contributed by atoms with Gasteiger partial charge in [0.25, 0.3) is 0 Å². The predicted octanol–water partition coefficient (Wildman–Crippen LogP) is 1.54. The van der Waals surface area contributed by atoms with Crippen LogP contribution in [0.3, 0.4) is 0 Å². The van der Waals surface area contributed by atoms with Crippen LogP contribution in [-0.2, 0) is 4.79 Å². The summed E-state index contributed by atoms with van der Waals surface area (Å²) in [6.07, 6.45) is 3.81. The summed E-state index contributed by atoms with van der Waals surface area (Å²) < 4.78 is 0. The lowest BCUT2D eigenvalue weighted by Gasteiger charge is -2.19. The second kappa shape index (κ2) is 6.47. The van der Waals surface area contributed by atoms with Crippen molar-refractivity contribution < 1.29 is 14.7 Å². The Morgan fingerprint density at radius 3 is 2.59 bits per heavy atom. The summed E-state index contributed by atoms with van der Waals surface area (Å²) in [6.45, 7) is 2.94. The number of carbonyl (C=O) groups is 2. The molecule has 1 saturated carbocycles. The minimum atomic E-state index is -0.836. The molecule has 0 spiro atoms. The third-order valence-corrected chi connectivity index (χ3v) is 3.06. The zero-order valence-electron chi connectivity index (χ0n) is 10.6. The number of rotatable bonds is 7. The highest BCUT2D eigenvalue weighted by molar-refractivity contribution is 5.75. The molecule has 5 heteroatoms. The van der Waals surface area contributed by atoms with Crippen molar-refractivity contribution in [1.82, 2.24) is 10.2 Å². The first kappa shape index (κ1) is 13.8. The Morgan fingerprint density at radius 2 is 2.12 bits per heavy atom. The molecule has 1 aliphatic rings. The molecule has 1 atom stereocenters. The fourth-order valence-corrected chi connectivity index (χ4v) is 1.78. The van der Waals surface area contributed by atoms with E-state index < -0.39 is 11.9 Å². The van der Waals surface area contributed by atoms with E-state index in [9.17, 15) is 9.59 Å². The number of nitrogens with zero attached hydrogens (tertiary/aromatic N) is 1. The smallest absolute Gasteiger partial charge is 0.317 e. The molecule has 5 nitrogen and oxygen atoms in total. The van der Waals surface area contributed by atoms with Crippen LogP contribution in [0.5, 0.6) is 0 Å². The average molecular weight is 242 g/mol. The molecule has 0 aromatic rings. The lowest BCUT2D eigenvalue weighted by Crippen LogP contribution is -2.41. The van der Waals surface area contributed by atoms with Gasteiger partial charge in [0.05, 0.1) is 5.92 Å². The van der Waals surface area contributed by atoms with Gasteiger partial charge in [0.1, 0.15) is 0 Å². The molecule has 98 valence electrons. The van der Waals surface area contributed by atoms with Crippen LogP contribution in [0.2, 0.25) is 0 Å². The Hall–Kier alpha value is -1.26. The lowest BCUT2D eigenvalue weighted by molar-refractivity contribution is -0.141. The number of hydrogen-bond donors (Lipinski definition) is 2. The second-order valence-electron chi connectivity index (χ2n) is 4.83. The van der Waals surface area contributed by atoms with Gasteiger partial charge in [-0.05, 0) is 25.2 Å². The molecule has 0 aromatic carbocycles. The first-order valence-corrected chi connectivity index (χ1v) is 6.26. The van der Waals surface area contributed by atoms with Gasteiger partial charge in [0.2, 0.25) is 0 Å². The van der Waals surface area contributed by atoms with Crippen molar-refractivity contribution in [2.24, 2.45) is 11.8 Å². The standard InChI is InChI=1S/C12H22N2O3/c1-3-4-10(11(15)16)7-13-12(17)14(2)8-9-5-6-9/h9-10H,3-8H2,1-2H3,(H,13,17)(H,15,16). The van der Waals surface area contributed by atoms with Crippen molar-refractivity contribution in [2.45, 2.75) is 32.6 Å². The van der Waals surface area contributed by atoms with Crippen molar-refractivity contribution in [3.63, 3.8) is 0 Å². The number of urea groups is 1. The average Bonchev–Trinajstić information content (AvgIpc) is 3.07. The number of nitrogens with one attached hydrogen (secondary N) is 1. The van der Waals surface area contributed by atoms with Crippen LogP contribution < -0.4 is 5.32 Å². The van der Waals surface area contributed by atoms with E-state index in [0.29, 0.717) is 12.3 Å². The Labute approximate surface area is 102 Å². The predicted molar refractivity (Wildman–Crippen MR) is 64.8 cm³/mol. The van der Waals surface area contributed by atoms with Gasteiger partial charge in [-0.15, -0.1) is 0 Å². The molecular formula is C12H22N2O3. The fourth-order valence-electron chi connectivity index (χ4n) is 1.78. The first-order valence-electron chi connectivity index (χ1n) is 6.26. The van der Waals surface area contributed by atoms with Gasteiger partial charge >= 0.3 is 12.0 Å². The molecule has 1 aliphatic carbocycles. The number of carboxylic acid groups (broad SMARTS) is 1. The Bertz CT molecular complexity index is 277. The zero-order chi connectivity index (χ0) is 12.8. The molecule has 2 amide bonds. The Balaban J connectivity index is 2.26. The quantitative estimate of drug-likeness (QED) is 0.711. The number of hydrogen-bond acceptors (Lipinski definition) is 2. The first-order chi connectivity index (χ1) is 8.04.